The number of ether oxygens (including phenoxy) is 2. The number of nitrogens with one attached hydrogen (secondary N) is 1. The van der Waals surface area contributed by atoms with Crippen LogP contribution < -0.4 is 14.8 Å². The molecule has 0 spiro atoms. The highest BCUT2D eigenvalue weighted by Crippen LogP contribution is 2.30. The van der Waals surface area contributed by atoms with Crippen molar-refractivity contribution in [2.45, 2.75) is 29.4 Å². The Balaban J connectivity index is 1.42. The lowest BCUT2D eigenvalue weighted by Crippen LogP contribution is -2.26. The molecule has 0 saturated carbocycles. The van der Waals surface area contributed by atoms with Crippen molar-refractivity contribution in [2.24, 2.45) is 0 Å². The molecule has 158 valence electrons. The van der Waals surface area contributed by atoms with Gasteiger partial charge in [-0.2, -0.15) is 0 Å². The zero-order valence-electron chi connectivity index (χ0n) is 17.2. The lowest BCUT2D eigenvalue weighted by molar-refractivity contribution is -0.120. The van der Waals surface area contributed by atoms with Crippen molar-refractivity contribution < 1.29 is 14.3 Å². The Morgan fingerprint density at radius 2 is 1.80 bits per heavy atom. The Bertz CT molecular complexity index is 922. The summed E-state index contributed by atoms with van der Waals surface area (Å²) in [5, 5.41) is 4.94. The molecule has 0 saturated heterocycles. The Labute approximate surface area is 185 Å². The first kappa shape index (κ1) is 22.2. The Morgan fingerprint density at radius 3 is 2.50 bits per heavy atom. The number of benzene rings is 2. The molecular weight excluding hydrogens is 416 g/mol. The summed E-state index contributed by atoms with van der Waals surface area (Å²) in [7, 11) is 3.29. The average Bonchev–Trinajstić information content (AvgIpc) is 3.23. The van der Waals surface area contributed by atoms with E-state index >= 15 is 0 Å². The lowest BCUT2D eigenvalue weighted by Gasteiger charge is -2.07. The minimum Gasteiger partial charge on any atom is -0.497 e. The summed E-state index contributed by atoms with van der Waals surface area (Å²) >= 11 is 3.21. The molecule has 0 aliphatic carbocycles. The number of thioether (sulfide) groups is 1. The molecule has 0 unspecified atom stereocenters. The second-order valence-corrected chi connectivity index (χ2v) is 8.81. The highest BCUT2D eigenvalue weighted by molar-refractivity contribution is 8.00. The topological polar surface area (TPSA) is 60.5 Å². The summed E-state index contributed by atoms with van der Waals surface area (Å²) in [5.41, 5.74) is 3.21. The molecule has 0 fully saturated rings. The molecule has 0 atom stereocenters. The fraction of sp³-hybridized carbons (Fsp3) is 0.304. The molecule has 0 aliphatic rings. The van der Waals surface area contributed by atoms with Crippen LogP contribution >= 0.6 is 23.1 Å². The summed E-state index contributed by atoms with van der Waals surface area (Å²) in [4.78, 5) is 16.8. The average molecular weight is 443 g/mol. The van der Waals surface area contributed by atoms with Crippen molar-refractivity contribution >= 4 is 29.0 Å². The maximum Gasteiger partial charge on any atom is 0.226 e. The summed E-state index contributed by atoms with van der Waals surface area (Å²) in [6, 6.07) is 16.1. The van der Waals surface area contributed by atoms with E-state index in [1.807, 2.05) is 41.8 Å². The predicted molar refractivity (Wildman–Crippen MR) is 123 cm³/mol. The third-order valence-corrected chi connectivity index (χ3v) is 6.59. The van der Waals surface area contributed by atoms with E-state index in [0.29, 0.717) is 13.0 Å². The van der Waals surface area contributed by atoms with Gasteiger partial charge in [0.2, 0.25) is 5.91 Å². The van der Waals surface area contributed by atoms with Crippen LogP contribution in [-0.2, 0) is 23.4 Å². The van der Waals surface area contributed by atoms with E-state index in [1.54, 1.807) is 37.3 Å². The molecule has 0 aliphatic heterocycles. The van der Waals surface area contributed by atoms with Crippen LogP contribution in [0.25, 0.3) is 0 Å². The minimum atomic E-state index is 0.0162. The van der Waals surface area contributed by atoms with Crippen molar-refractivity contribution in [2.75, 3.05) is 20.8 Å². The molecule has 30 heavy (non-hydrogen) atoms. The highest BCUT2D eigenvalue weighted by atomic mass is 32.2. The van der Waals surface area contributed by atoms with Gasteiger partial charge in [0.25, 0.3) is 0 Å². The number of carbonyl (C=O) groups is 1. The Morgan fingerprint density at radius 1 is 1.07 bits per heavy atom. The summed E-state index contributed by atoms with van der Waals surface area (Å²) in [5.74, 6) is 2.32. The second-order valence-electron chi connectivity index (χ2n) is 6.73. The number of carbonyl (C=O) groups excluding carboxylic acids is 1. The maximum atomic E-state index is 12.2. The number of methoxy groups -OCH3 is 2. The van der Waals surface area contributed by atoms with E-state index < -0.39 is 0 Å². The first-order chi connectivity index (χ1) is 14.7. The second kappa shape index (κ2) is 11.6. The quantitative estimate of drug-likeness (QED) is 0.343. The van der Waals surface area contributed by atoms with Crippen LogP contribution in [0.5, 0.6) is 11.5 Å². The van der Waals surface area contributed by atoms with Crippen LogP contribution in [0.1, 0.15) is 23.2 Å². The van der Waals surface area contributed by atoms with Crippen molar-refractivity contribution in [1.29, 1.82) is 0 Å². The number of aromatic nitrogens is 1. The number of hydrogen-bond acceptors (Lipinski definition) is 6. The van der Waals surface area contributed by atoms with Crippen LogP contribution in [-0.4, -0.2) is 31.7 Å². The molecule has 0 bridgehead atoms. The molecular formula is C23H26N2O3S2. The molecule has 1 N–H and O–H groups in total. The van der Waals surface area contributed by atoms with Crippen LogP contribution in [0.3, 0.4) is 0 Å². The van der Waals surface area contributed by atoms with Gasteiger partial charge in [-0.15, -0.1) is 11.3 Å². The van der Waals surface area contributed by atoms with E-state index in [0.717, 1.165) is 45.7 Å². The molecule has 1 heterocycles. The molecule has 1 aromatic heterocycles. The third kappa shape index (κ3) is 7.07. The summed E-state index contributed by atoms with van der Waals surface area (Å²) < 4.78 is 11.6. The predicted octanol–water partition coefficient (Wildman–Crippen LogP) is 4.74. The summed E-state index contributed by atoms with van der Waals surface area (Å²) in [6.07, 6.45) is 2.21. The van der Waals surface area contributed by atoms with Crippen molar-refractivity contribution in [1.82, 2.24) is 10.3 Å². The van der Waals surface area contributed by atoms with Gasteiger partial charge in [0.05, 0.1) is 26.3 Å². The third-order valence-electron chi connectivity index (χ3n) is 4.45. The number of amides is 1. The fourth-order valence-corrected chi connectivity index (χ4v) is 4.70. The Kier molecular flexibility index (Phi) is 8.59. The van der Waals surface area contributed by atoms with Crippen LogP contribution in [0.2, 0.25) is 0 Å². The number of rotatable bonds is 11. The standard InChI is InChI=1S/C23H26N2O3S2/c1-27-20-11-18(12-21(14-20)28-2)15-29-23-25-19(16-30-23)13-22(26)24-10-6-9-17-7-4-3-5-8-17/h3-5,7-8,11-12,14,16H,6,9-10,13,15H2,1-2H3,(H,24,26). The van der Waals surface area contributed by atoms with E-state index in [1.165, 1.54) is 5.56 Å². The van der Waals surface area contributed by atoms with Crippen LogP contribution in [0, 0.1) is 0 Å². The molecule has 1 amide bonds. The minimum absolute atomic E-state index is 0.0162. The number of aryl methyl sites for hydroxylation is 1. The normalized spacial score (nSPS) is 10.6. The van der Waals surface area contributed by atoms with Gasteiger partial charge in [0, 0.05) is 23.7 Å². The molecule has 3 rings (SSSR count). The molecule has 0 radical (unpaired) electrons. The number of nitrogens with zero attached hydrogens (tertiary/aromatic N) is 1. The van der Waals surface area contributed by atoms with E-state index in [-0.39, 0.29) is 5.91 Å². The number of hydrogen-bond donors (Lipinski definition) is 1. The Hall–Kier alpha value is -2.51. The molecule has 3 aromatic rings. The van der Waals surface area contributed by atoms with Gasteiger partial charge < -0.3 is 14.8 Å². The van der Waals surface area contributed by atoms with Crippen molar-refractivity contribution in [3.05, 3.63) is 70.7 Å². The molecule has 2 aromatic carbocycles. The number of thiazole rings is 1. The molecule has 5 nitrogen and oxygen atoms in total. The fourth-order valence-electron chi connectivity index (χ4n) is 2.92. The maximum absolute atomic E-state index is 12.2. The molecule has 7 heteroatoms. The van der Waals surface area contributed by atoms with E-state index in [2.05, 4.69) is 22.4 Å². The van der Waals surface area contributed by atoms with Gasteiger partial charge in [0.1, 0.15) is 15.8 Å². The van der Waals surface area contributed by atoms with E-state index in [4.69, 9.17) is 9.47 Å². The van der Waals surface area contributed by atoms with Gasteiger partial charge in [-0.25, -0.2) is 4.98 Å². The smallest absolute Gasteiger partial charge is 0.226 e. The monoisotopic (exact) mass is 442 g/mol. The summed E-state index contributed by atoms with van der Waals surface area (Å²) in [6.45, 7) is 0.678. The SMILES string of the molecule is COc1cc(CSc2nc(CC(=O)NCCCc3ccccc3)cs2)cc(OC)c1. The lowest BCUT2D eigenvalue weighted by atomic mass is 10.1. The zero-order chi connectivity index (χ0) is 21.2. The first-order valence-corrected chi connectivity index (χ1v) is 11.6. The largest absolute Gasteiger partial charge is 0.497 e. The van der Waals surface area contributed by atoms with Gasteiger partial charge in [-0.05, 0) is 36.1 Å². The van der Waals surface area contributed by atoms with Gasteiger partial charge in [-0.3, -0.25) is 4.79 Å². The zero-order valence-corrected chi connectivity index (χ0v) is 18.9. The van der Waals surface area contributed by atoms with Crippen LogP contribution in [0.4, 0.5) is 0 Å². The van der Waals surface area contributed by atoms with Crippen molar-refractivity contribution in [3.63, 3.8) is 0 Å². The first-order valence-electron chi connectivity index (χ1n) is 9.76. The van der Waals surface area contributed by atoms with E-state index in [9.17, 15) is 4.79 Å². The van der Waals surface area contributed by atoms with Crippen molar-refractivity contribution in [3.8, 4) is 11.5 Å². The highest BCUT2D eigenvalue weighted by Gasteiger charge is 2.09. The van der Waals surface area contributed by atoms with Gasteiger partial charge >= 0.3 is 0 Å². The van der Waals surface area contributed by atoms with Gasteiger partial charge in [-0.1, -0.05) is 42.1 Å². The van der Waals surface area contributed by atoms with Gasteiger partial charge in [0.15, 0.2) is 0 Å². The van der Waals surface area contributed by atoms with Crippen LogP contribution in [0.15, 0.2) is 58.3 Å².